The Balaban J connectivity index is 1.38. The molecule has 2 saturated carbocycles. The molecule has 0 aromatic heterocycles. The third-order valence-corrected chi connectivity index (χ3v) is 7.16. The fourth-order valence-electron chi connectivity index (χ4n) is 5.26. The second-order valence-electron chi connectivity index (χ2n) is 8.93. The predicted molar refractivity (Wildman–Crippen MR) is 116 cm³/mol. The van der Waals surface area contributed by atoms with Crippen molar-refractivity contribution >= 4 is 11.6 Å². The molecule has 1 aromatic rings. The minimum Gasteiger partial charge on any atom is -0.491 e. The van der Waals surface area contributed by atoms with Gasteiger partial charge in [-0.05, 0) is 99.2 Å². The van der Waals surface area contributed by atoms with Crippen LogP contribution in [-0.4, -0.2) is 6.61 Å². The molecule has 2 aliphatic carbocycles. The van der Waals surface area contributed by atoms with E-state index in [9.17, 15) is 4.39 Å². The summed E-state index contributed by atoms with van der Waals surface area (Å²) in [5.41, 5.74) is 2.81. The highest BCUT2D eigenvalue weighted by molar-refractivity contribution is 6.25. The first kappa shape index (κ1) is 21.7. The van der Waals surface area contributed by atoms with E-state index in [-0.39, 0.29) is 5.82 Å². The monoisotopic (exact) mass is 406 g/mol. The van der Waals surface area contributed by atoms with Gasteiger partial charge in [-0.3, -0.25) is 0 Å². The van der Waals surface area contributed by atoms with Gasteiger partial charge in [0.2, 0.25) is 0 Å². The Hall–Kier alpha value is -1.02. The number of aryl methyl sites for hydroxylation is 1. The molecule has 0 radical (unpaired) electrons. The molecular weight excluding hydrogens is 371 g/mol. The van der Waals surface area contributed by atoms with Gasteiger partial charge in [-0.15, -0.1) is 0 Å². The maximum absolute atomic E-state index is 14.1. The summed E-state index contributed by atoms with van der Waals surface area (Å²) in [4.78, 5) is 0. The minimum absolute atomic E-state index is 0.214. The average molecular weight is 407 g/mol. The van der Waals surface area contributed by atoms with Gasteiger partial charge in [0, 0.05) is 5.54 Å². The van der Waals surface area contributed by atoms with Crippen molar-refractivity contribution in [3.8, 4) is 5.75 Å². The number of hydrogen-bond acceptors (Lipinski definition) is 1. The van der Waals surface area contributed by atoms with Crippen LogP contribution in [0.2, 0.25) is 0 Å². The van der Waals surface area contributed by atoms with E-state index in [0.717, 1.165) is 36.2 Å². The summed E-state index contributed by atoms with van der Waals surface area (Å²) >= 11 is 5.74. The van der Waals surface area contributed by atoms with Crippen LogP contribution in [-0.2, 0) is 6.42 Å². The van der Waals surface area contributed by atoms with Crippen LogP contribution in [0.4, 0.5) is 4.39 Å². The van der Waals surface area contributed by atoms with Crippen LogP contribution in [0.5, 0.6) is 5.75 Å². The van der Waals surface area contributed by atoms with Gasteiger partial charge in [-0.25, -0.2) is 4.39 Å². The average Bonchev–Trinajstić information content (AvgIpc) is 2.73. The first-order valence-electron chi connectivity index (χ1n) is 11.4. The second kappa shape index (κ2) is 11.2. The Kier molecular flexibility index (Phi) is 8.70. The zero-order valence-electron chi connectivity index (χ0n) is 17.3. The van der Waals surface area contributed by atoms with Gasteiger partial charge in [-0.1, -0.05) is 43.5 Å². The lowest BCUT2D eigenvalue weighted by Gasteiger charge is -2.37. The second-order valence-corrected chi connectivity index (χ2v) is 9.18. The molecule has 156 valence electrons. The van der Waals surface area contributed by atoms with E-state index < -0.39 is 0 Å². The molecule has 0 atom stereocenters. The number of hydrogen-bond donors (Lipinski definition) is 0. The molecule has 0 amide bonds. The lowest BCUT2D eigenvalue weighted by molar-refractivity contribution is 0.153. The van der Waals surface area contributed by atoms with E-state index in [2.05, 4.69) is 6.08 Å². The topological polar surface area (TPSA) is 9.23 Å². The normalized spacial score (nSPS) is 28.5. The van der Waals surface area contributed by atoms with Gasteiger partial charge in [0.1, 0.15) is 0 Å². The molecule has 2 aliphatic rings. The lowest BCUT2D eigenvalue weighted by atomic mass is 9.68. The molecule has 0 bridgehead atoms. The molecule has 2 fully saturated rings. The molecule has 0 spiro atoms. The SMILES string of the molecule is CCCOc1ccc(CCC2CCC(C3CCC(C=CCl)CC3)CC2)cc1F. The molecule has 0 unspecified atom stereocenters. The molecule has 1 aromatic carbocycles. The Morgan fingerprint density at radius 3 is 2.32 bits per heavy atom. The highest BCUT2D eigenvalue weighted by Gasteiger charge is 2.30. The van der Waals surface area contributed by atoms with Crippen LogP contribution in [0.1, 0.15) is 76.7 Å². The molecule has 1 nitrogen and oxygen atoms in total. The summed E-state index contributed by atoms with van der Waals surface area (Å²) in [6.07, 6.45) is 16.1. The Labute approximate surface area is 175 Å². The van der Waals surface area contributed by atoms with Crippen LogP contribution in [0.25, 0.3) is 0 Å². The van der Waals surface area contributed by atoms with E-state index in [1.165, 1.54) is 57.8 Å². The van der Waals surface area contributed by atoms with Crippen molar-refractivity contribution in [1.29, 1.82) is 0 Å². The van der Waals surface area contributed by atoms with Gasteiger partial charge in [0.25, 0.3) is 0 Å². The maximum Gasteiger partial charge on any atom is 0.165 e. The van der Waals surface area contributed by atoms with E-state index >= 15 is 0 Å². The highest BCUT2D eigenvalue weighted by atomic mass is 35.5. The molecular formula is C25H36ClFO. The van der Waals surface area contributed by atoms with Gasteiger partial charge < -0.3 is 4.74 Å². The predicted octanol–water partition coefficient (Wildman–Crippen LogP) is 7.91. The zero-order chi connectivity index (χ0) is 19.8. The van der Waals surface area contributed by atoms with E-state index in [1.807, 2.05) is 13.0 Å². The summed E-state index contributed by atoms with van der Waals surface area (Å²) in [7, 11) is 0. The lowest BCUT2D eigenvalue weighted by Crippen LogP contribution is -2.25. The van der Waals surface area contributed by atoms with Gasteiger partial charge in [0.05, 0.1) is 6.61 Å². The molecule has 3 rings (SSSR count). The van der Waals surface area contributed by atoms with Crippen molar-refractivity contribution in [2.75, 3.05) is 6.61 Å². The van der Waals surface area contributed by atoms with Gasteiger partial charge in [-0.2, -0.15) is 0 Å². The molecule has 3 heteroatoms. The largest absolute Gasteiger partial charge is 0.491 e. The standard InChI is InChI=1S/C25H36ClFO/c1-2-17-28-25-14-9-21(18-24(25)27)4-3-19-5-10-22(11-6-19)23-12-7-20(8-13-23)15-16-26/h9,14-16,18-20,22-23H,2-8,10-13,17H2,1H3. The van der Waals surface area contributed by atoms with Crippen LogP contribution in [0.3, 0.4) is 0 Å². The molecule has 28 heavy (non-hydrogen) atoms. The van der Waals surface area contributed by atoms with Gasteiger partial charge >= 0.3 is 0 Å². The summed E-state index contributed by atoms with van der Waals surface area (Å²) in [6, 6.07) is 5.50. The molecule has 0 heterocycles. The van der Waals surface area contributed by atoms with Crippen molar-refractivity contribution in [3.63, 3.8) is 0 Å². The number of halogens is 2. The van der Waals surface area contributed by atoms with Crippen molar-refractivity contribution < 1.29 is 9.13 Å². The van der Waals surface area contributed by atoms with Crippen molar-refractivity contribution in [2.45, 2.75) is 77.6 Å². The number of allylic oxidation sites excluding steroid dienone is 1. The van der Waals surface area contributed by atoms with Crippen LogP contribution < -0.4 is 4.74 Å². The zero-order valence-corrected chi connectivity index (χ0v) is 18.1. The molecule has 0 saturated heterocycles. The van der Waals surface area contributed by atoms with Gasteiger partial charge in [0.15, 0.2) is 11.6 Å². The van der Waals surface area contributed by atoms with Crippen LogP contribution >= 0.6 is 11.6 Å². The fourth-order valence-corrected chi connectivity index (χ4v) is 5.47. The highest BCUT2D eigenvalue weighted by Crippen LogP contribution is 2.42. The van der Waals surface area contributed by atoms with Crippen molar-refractivity contribution in [1.82, 2.24) is 0 Å². The Morgan fingerprint density at radius 2 is 1.71 bits per heavy atom. The Morgan fingerprint density at radius 1 is 1.04 bits per heavy atom. The quantitative estimate of drug-likeness (QED) is 0.426. The first-order chi connectivity index (χ1) is 13.7. The summed E-state index contributed by atoms with van der Waals surface area (Å²) in [6.45, 7) is 2.61. The maximum atomic E-state index is 14.1. The van der Waals surface area contributed by atoms with Crippen molar-refractivity contribution in [3.05, 3.63) is 41.2 Å². The van der Waals surface area contributed by atoms with Crippen molar-refractivity contribution in [2.24, 2.45) is 23.7 Å². The first-order valence-corrected chi connectivity index (χ1v) is 11.8. The summed E-state index contributed by atoms with van der Waals surface area (Å²) < 4.78 is 19.6. The van der Waals surface area contributed by atoms with Crippen LogP contribution in [0, 0.1) is 29.5 Å². The fraction of sp³-hybridized carbons (Fsp3) is 0.680. The minimum atomic E-state index is -0.214. The number of ether oxygens (including phenoxy) is 1. The smallest absolute Gasteiger partial charge is 0.165 e. The van der Waals surface area contributed by atoms with Crippen LogP contribution in [0.15, 0.2) is 29.8 Å². The molecule has 0 N–H and O–H groups in total. The number of rotatable bonds is 8. The molecule has 0 aliphatic heterocycles. The third kappa shape index (κ3) is 6.24. The third-order valence-electron chi connectivity index (χ3n) is 7.02. The Bertz CT molecular complexity index is 613. The van der Waals surface area contributed by atoms with E-state index in [1.54, 1.807) is 17.7 Å². The summed E-state index contributed by atoms with van der Waals surface area (Å²) in [5, 5.41) is 0. The number of benzene rings is 1. The van der Waals surface area contributed by atoms with E-state index in [4.69, 9.17) is 16.3 Å². The van der Waals surface area contributed by atoms with E-state index in [0.29, 0.717) is 18.3 Å². The summed E-state index contributed by atoms with van der Waals surface area (Å²) in [5.74, 6) is 3.57.